The van der Waals surface area contributed by atoms with Gasteiger partial charge in [0, 0.05) is 19.1 Å². The Morgan fingerprint density at radius 1 is 1.29 bits per heavy atom. The van der Waals surface area contributed by atoms with E-state index in [-0.39, 0.29) is 23.4 Å². The second-order valence-electron chi connectivity index (χ2n) is 6.79. The monoisotopic (exact) mass is 335 g/mol. The maximum Gasteiger partial charge on any atom is 0.256 e. The highest BCUT2D eigenvalue weighted by Gasteiger charge is 2.27. The van der Waals surface area contributed by atoms with E-state index in [0.717, 1.165) is 0 Å². The number of nitrogens with two attached hydrogens (primary N) is 1. The normalized spacial score (nSPS) is 17.0. The van der Waals surface area contributed by atoms with Crippen LogP contribution in [0, 0.1) is 11.7 Å². The smallest absolute Gasteiger partial charge is 0.256 e. The fourth-order valence-corrected chi connectivity index (χ4v) is 2.96. The van der Waals surface area contributed by atoms with Gasteiger partial charge in [-0.2, -0.15) is 0 Å². The molecule has 0 unspecified atom stereocenters. The molecule has 1 aromatic carbocycles. The van der Waals surface area contributed by atoms with E-state index in [1.807, 2.05) is 13.8 Å². The summed E-state index contributed by atoms with van der Waals surface area (Å²) in [5.41, 5.74) is 5.98. The van der Waals surface area contributed by atoms with Gasteiger partial charge in [-0.25, -0.2) is 4.39 Å². The largest absolute Gasteiger partial charge is 0.352 e. The fourth-order valence-electron chi connectivity index (χ4n) is 2.96. The highest BCUT2D eigenvalue weighted by Crippen LogP contribution is 2.16. The molecule has 6 heteroatoms. The molecule has 1 atom stereocenters. The van der Waals surface area contributed by atoms with Crippen LogP contribution in [0.3, 0.4) is 0 Å². The van der Waals surface area contributed by atoms with Crippen LogP contribution in [-0.4, -0.2) is 41.9 Å². The number of carbonyl (C=O) groups excluding carboxylic acids is 2. The van der Waals surface area contributed by atoms with Crippen LogP contribution in [0.25, 0.3) is 0 Å². The number of nitrogens with zero attached hydrogens (tertiary/aromatic N) is 1. The van der Waals surface area contributed by atoms with Crippen LogP contribution in [0.2, 0.25) is 0 Å². The van der Waals surface area contributed by atoms with Gasteiger partial charge in [0.1, 0.15) is 5.82 Å². The third kappa shape index (κ3) is 4.77. The summed E-state index contributed by atoms with van der Waals surface area (Å²) in [5.74, 6) is -0.569. The second-order valence-corrected chi connectivity index (χ2v) is 6.79. The van der Waals surface area contributed by atoms with Gasteiger partial charge in [-0.05, 0) is 37.3 Å². The van der Waals surface area contributed by atoms with Gasteiger partial charge in [0.2, 0.25) is 5.91 Å². The van der Waals surface area contributed by atoms with Crippen molar-refractivity contribution in [2.45, 2.75) is 45.2 Å². The van der Waals surface area contributed by atoms with Crippen LogP contribution in [0.5, 0.6) is 0 Å². The Morgan fingerprint density at radius 2 is 1.92 bits per heavy atom. The maximum absolute atomic E-state index is 13.7. The number of hydrogen-bond donors (Lipinski definition) is 2. The zero-order valence-corrected chi connectivity index (χ0v) is 14.3. The molecule has 1 saturated heterocycles. The molecule has 0 spiro atoms. The molecule has 3 N–H and O–H groups in total. The van der Waals surface area contributed by atoms with Gasteiger partial charge in [0.25, 0.3) is 5.91 Å². The molecule has 0 aromatic heterocycles. The number of rotatable bonds is 5. The van der Waals surface area contributed by atoms with E-state index < -0.39 is 11.9 Å². The van der Waals surface area contributed by atoms with Crippen LogP contribution in [0.4, 0.5) is 4.39 Å². The van der Waals surface area contributed by atoms with E-state index >= 15 is 0 Å². The van der Waals surface area contributed by atoms with Crippen molar-refractivity contribution in [1.29, 1.82) is 0 Å². The lowest BCUT2D eigenvalue weighted by atomic mass is 10.0. The van der Waals surface area contributed by atoms with Crippen molar-refractivity contribution in [1.82, 2.24) is 10.2 Å². The van der Waals surface area contributed by atoms with Crippen LogP contribution in [0.15, 0.2) is 24.3 Å². The highest BCUT2D eigenvalue weighted by atomic mass is 19.1. The number of amides is 2. The zero-order chi connectivity index (χ0) is 17.7. The minimum absolute atomic E-state index is 0.0142. The Kier molecular flexibility index (Phi) is 6.31. The molecule has 0 bridgehead atoms. The van der Waals surface area contributed by atoms with Crippen molar-refractivity contribution >= 4 is 11.8 Å². The maximum atomic E-state index is 13.7. The quantitative estimate of drug-likeness (QED) is 0.863. The van der Waals surface area contributed by atoms with Crippen molar-refractivity contribution in [2.24, 2.45) is 11.7 Å². The Bertz CT molecular complexity index is 583. The van der Waals surface area contributed by atoms with Gasteiger partial charge in [-0.3, -0.25) is 9.59 Å². The topological polar surface area (TPSA) is 75.4 Å². The van der Waals surface area contributed by atoms with Gasteiger partial charge in [0.15, 0.2) is 0 Å². The first-order valence-corrected chi connectivity index (χ1v) is 8.48. The van der Waals surface area contributed by atoms with E-state index in [9.17, 15) is 14.0 Å². The number of piperidine rings is 1. The molecule has 1 aliphatic rings. The van der Waals surface area contributed by atoms with Crippen molar-refractivity contribution in [3.8, 4) is 0 Å². The zero-order valence-electron chi connectivity index (χ0n) is 14.3. The summed E-state index contributed by atoms with van der Waals surface area (Å²) in [6, 6.07) is 5.52. The molecule has 0 radical (unpaired) electrons. The first-order valence-electron chi connectivity index (χ1n) is 8.48. The number of likely N-dealkylation sites (tertiary alicyclic amines) is 1. The van der Waals surface area contributed by atoms with Crippen LogP contribution in [0.1, 0.15) is 43.5 Å². The molecular formula is C18H26FN3O2. The van der Waals surface area contributed by atoms with E-state index in [1.54, 1.807) is 17.0 Å². The lowest BCUT2D eigenvalue weighted by Crippen LogP contribution is -2.50. The van der Waals surface area contributed by atoms with Gasteiger partial charge in [-0.1, -0.05) is 26.0 Å². The minimum atomic E-state index is -0.502. The van der Waals surface area contributed by atoms with Gasteiger partial charge in [-0.15, -0.1) is 0 Å². The number of carbonyl (C=O) groups is 2. The standard InChI is InChI=1S/C18H26FN3O2/c1-12(2)11-16(20)17(23)21-13-7-9-22(10-8-13)18(24)14-5-3-4-6-15(14)19/h3-6,12-13,16H,7-11,20H2,1-2H3,(H,21,23)/t16-/m0/s1. The third-order valence-electron chi connectivity index (χ3n) is 4.29. The molecule has 0 saturated carbocycles. The van der Waals surface area contributed by atoms with Crippen molar-refractivity contribution in [3.63, 3.8) is 0 Å². The molecule has 2 amide bonds. The summed E-state index contributed by atoms with van der Waals surface area (Å²) < 4.78 is 13.7. The molecule has 0 aliphatic carbocycles. The molecule has 1 aromatic rings. The molecule has 24 heavy (non-hydrogen) atoms. The van der Waals surface area contributed by atoms with Crippen molar-refractivity contribution < 1.29 is 14.0 Å². The van der Waals surface area contributed by atoms with Crippen LogP contribution in [-0.2, 0) is 4.79 Å². The number of halogens is 1. The van der Waals surface area contributed by atoms with Crippen LogP contribution >= 0.6 is 0 Å². The first kappa shape index (κ1) is 18.4. The Morgan fingerprint density at radius 3 is 2.50 bits per heavy atom. The Balaban J connectivity index is 1.84. The Hall–Kier alpha value is -1.95. The fraction of sp³-hybridized carbons (Fsp3) is 0.556. The summed E-state index contributed by atoms with van der Waals surface area (Å²) in [5, 5.41) is 2.96. The van der Waals surface area contributed by atoms with Crippen molar-refractivity contribution in [3.05, 3.63) is 35.6 Å². The third-order valence-corrected chi connectivity index (χ3v) is 4.29. The summed E-state index contributed by atoms with van der Waals surface area (Å²) >= 11 is 0. The van der Waals surface area contributed by atoms with Crippen molar-refractivity contribution in [2.75, 3.05) is 13.1 Å². The summed E-state index contributed by atoms with van der Waals surface area (Å²) in [6.45, 7) is 5.05. The van der Waals surface area contributed by atoms with Crippen LogP contribution < -0.4 is 11.1 Å². The van der Waals surface area contributed by atoms with E-state index in [0.29, 0.717) is 38.3 Å². The van der Waals surface area contributed by atoms with Gasteiger partial charge < -0.3 is 16.0 Å². The second kappa shape index (κ2) is 8.24. The van der Waals surface area contributed by atoms with Gasteiger partial charge >= 0.3 is 0 Å². The lowest BCUT2D eigenvalue weighted by molar-refractivity contribution is -0.123. The average molecular weight is 335 g/mol. The molecule has 5 nitrogen and oxygen atoms in total. The predicted molar refractivity (Wildman–Crippen MR) is 90.9 cm³/mol. The summed E-state index contributed by atoms with van der Waals surface area (Å²) in [4.78, 5) is 26.1. The predicted octanol–water partition coefficient (Wildman–Crippen LogP) is 1.92. The highest BCUT2D eigenvalue weighted by molar-refractivity contribution is 5.94. The molecule has 1 fully saturated rings. The average Bonchev–Trinajstić information content (AvgIpc) is 2.54. The molecule has 1 heterocycles. The van der Waals surface area contributed by atoms with E-state index in [2.05, 4.69) is 5.32 Å². The molecule has 132 valence electrons. The number of nitrogens with one attached hydrogen (secondary N) is 1. The SMILES string of the molecule is CC(C)C[C@H](N)C(=O)NC1CCN(C(=O)c2ccccc2F)CC1. The molecule has 2 rings (SSSR count). The van der Waals surface area contributed by atoms with Gasteiger partial charge in [0.05, 0.1) is 11.6 Å². The lowest BCUT2D eigenvalue weighted by Gasteiger charge is -2.33. The molecular weight excluding hydrogens is 309 g/mol. The summed E-state index contributed by atoms with van der Waals surface area (Å²) in [6.07, 6.45) is 1.96. The minimum Gasteiger partial charge on any atom is -0.352 e. The molecule has 1 aliphatic heterocycles. The Labute approximate surface area is 142 Å². The van der Waals surface area contributed by atoms with E-state index in [1.165, 1.54) is 12.1 Å². The van der Waals surface area contributed by atoms with E-state index in [4.69, 9.17) is 5.73 Å². The first-order chi connectivity index (χ1) is 11.4. The number of hydrogen-bond acceptors (Lipinski definition) is 3. The number of benzene rings is 1. The summed E-state index contributed by atoms with van der Waals surface area (Å²) in [7, 11) is 0.